The van der Waals surface area contributed by atoms with Gasteiger partial charge in [0.05, 0.1) is 13.0 Å². The normalized spacial score (nSPS) is 12.0. The number of nitrogens with zero attached hydrogens (tertiary/aromatic N) is 2. The Hall–Kier alpha value is -2.53. The molecule has 0 aliphatic carbocycles. The summed E-state index contributed by atoms with van der Waals surface area (Å²) in [5.41, 5.74) is -2.79. The number of aromatic amines is 1. The van der Waals surface area contributed by atoms with Crippen molar-refractivity contribution in [2.45, 2.75) is 39.0 Å². The summed E-state index contributed by atoms with van der Waals surface area (Å²) in [5, 5.41) is 9.36. The summed E-state index contributed by atoms with van der Waals surface area (Å²) in [6, 6.07) is 0. The number of ketones is 1. The maximum absolute atomic E-state index is 12.2. The molecular weight excluding hydrogens is 338 g/mol. The molecule has 1 rings (SSSR count). The van der Waals surface area contributed by atoms with Crippen molar-refractivity contribution in [2.24, 2.45) is 0 Å². The van der Waals surface area contributed by atoms with Gasteiger partial charge in [-0.25, -0.2) is 23.5 Å². The number of carbonyl (C=O) groups excluding carboxylic acids is 2. The number of methoxy groups -OCH3 is 1. The van der Waals surface area contributed by atoms with Crippen LogP contribution >= 0.6 is 0 Å². The molecule has 0 aromatic carbocycles. The van der Waals surface area contributed by atoms with Crippen molar-refractivity contribution >= 4 is 11.8 Å². The van der Waals surface area contributed by atoms with E-state index in [-0.39, 0.29) is 44.9 Å². The van der Waals surface area contributed by atoms with Crippen LogP contribution in [-0.4, -0.2) is 57.4 Å². The highest BCUT2D eigenvalue weighted by Crippen LogP contribution is 1.92. The molecule has 0 aliphatic heterocycles. The van der Waals surface area contributed by atoms with Crippen LogP contribution in [0.15, 0.2) is 14.4 Å². The molecule has 1 aromatic heterocycles. The zero-order valence-corrected chi connectivity index (χ0v) is 14.0. The van der Waals surface area contributed by atoms with Gasteiger partial charge in [0.25, 0.3) is 0 Å². The first-order valence-electron chi connectivity index (χ1n) is 7.52. The molecule has 0 bridgehead atoms. The Bertz CT molecular complexity index is 776. The number of H-pyrrole nitrogens is 1. The molecule has 0 fully saturated rings. The van der Waals surface area contributed by atoms with E-state index in [1.165, 1.54) is 14.0 Å². The summed E-state index contributed by atoms with van der Waals surface area (Å²) in [4.78, 5) is 60.1. The van der Waals surface area contributed by atoms with Gasteiger partial charge in [0, 0.05) is 26.6 Å². The standard InChI is InChI=1S/C14H21N3O8/c1-9(18)3-5-16-12(21)15-13(22)17(14(16)23)6-4-11(20)25-8-10(19)7-24-2/h10,19H,3-8H2,1-2H3,(H,15,21,22). The largest absolute Gasteiger partial charge is 0.463 e. The second-order valence-corrected chi connectivity index (χ2v) is 5.32. The molecule has 140 valence electrons. The predicted octanol–water partition coefficient (Wildman–Crippen LogP) is -2.38. The molecule has 0 saturated heterocycles. The summed E-state index contributed by atoms with van der Waals surface area (Å²) in [6.45, 7) is 0.540. The highest BCUT2D eigenvalue weighted by atomic mass is 16.5. The Morgan fingerprint density at radius 3 is 2.16 bits per heavy atom. The number of ether oxygens (including phenoxy) is 2. The monoisotopic (exact) mass is 359 g/mol. The van der Waals surface area contributed by atoms with E-state index < -0.39 is 29.1 Å². The number of hydrogen-bond acceptors (Lipinski definition) is 8. The topological polar surface area (TPSA) is 150 Å². The molecule has 1 aromatic rings. The van der Waals surface area contributed by atoms with Crippen LogP contribution in [0.2, 0.25) is 0 Å². The van der Waals surface area contributed by atoms with Crippen molar-refractivity contribution in [1.29, 1.82) is 0 Å². The molecule has 2 N–H and O–H groups in total. The quantitative estimate of drug-likeness (QED) is 0.440. The average Bonchev–Trinajstić information content (AvgIpc) is 2.52. The van der Waals surface area contributed by atoms with E-state index >= 15 is 0 Å². The number of aromatic nitrogens is 3. The molecule has 0 aliphatic rings. The number of rotatable bonds is 10. The summed E-state index contributed by atoms with van der Waals surface area (Å²) in [5.74, 6) is -0.954. The van der Waals surface area contributed by atoms with Crippen molar-refractivity contribution in [3.63, 3.8) is 0 Å². The maximum atomic E-state index is 12.2. The molecule has 25 heavy (non-hydrogen) atoms. The fourth-order valence-corrected chi connectivity index (χ4v) is 1.91. The van der Waals surface area contributed by atoms with E-state index in [1.54, 1.807) is 0 Å². The van der Waals surface area contributed by atoms with Gasteiger partial charge in [-0.05, 0) is 6.92 Å². The van der Waals surface area contributed by atoms with Crippen LogP contribution in [0, 0.1) is 0 Å². The molecule has 0 spiro atoms. The van der Waals surface area contributed by atoms with Gasteiger partial charge in [-0.15, -0.1) is 0 Å². The Morgan fingerprint density at radius 1 is 1.08 bits per heavy atom. The minimum Gasteiger partial charge on any atom is -0.463 e. The van der Waals surface area contributed by atoms with Crippen LogP contribution < -0.4 is 17.1 Å². The van der Waals surface area contributed by atoms with Gasteiger partial charge in [0.1, 0.15) is 18.5 Å². The lowest BCUT2D eigenvalue weighted by atomic mass is 10.3. The first-order valence-corrected chi connectivity index (χ1v) is 7.52. The third-order valence-electron chi connectivity index (χ3n) is 3.19. The molecule has 0 radical (unpaired) electrons. The van der Waals surface area contributed by atoms with Gasteiger partial charge in [-0.1, -0.05) is 0 Å². The predicted molar refractivity (Wildman–Crippen MR) is 84.3 cm³/mol. The van der Waals surface area contributed by atoms with E-state index in [2.05, 4.69) is 4.74 Å². The maximum Gasteiger partial charge on any atom is 0.336 e. The highest BCUT2D eigenvalue weighted by Gasteiger charge is 2.13. The number of Topliss-reactive ketones (excluding diaryl/α,β-unsaturated/α-hetero) is 1. The minimum absolute atomic E-state index is 0.00643. The van der Waals surface area contributed by atoms with Gasteiger partial charge < -0.3 is 14.6 Å². The lowest BCUT2D eigenvalue weighted by molar-refractivity contribution is -0.147. The molecular formula is C14H21N3O8. The molecule has 1 atom stereocenters. The molecule has 1 heterocycles. The smallest absolute Gasteiger partial charge is 0.336 e. The SMILES string of the molecule is COCC(O)COC(=O)CCn1c(=O)[nH]c(=O)n(CCC(C)=O)c1=O. The van der Waals surface area contributed by atoms with E-state index in [0.29, 0.717) is 4.57 Å². The molecule has 11 heteroatoms. The second-order valence-electron chi connectivity index (χ2n) is 5.32. The molecule has 0 saturated carbocycles. The fraction of sp³-hybridized carbons (Fsp3) is 0.643. The molecule has 11 nitrogen and oxygen atoms in total. The van der Waals surface area contributed by atoms with Crippen molar-refractivity contribution in [2.75, 3.05) is 20.3 Å². The summed E-state index contributed by atoms with van der Waals surface area (Å²) in [6.07, 6.45) is -1.33. The molecule has 1 unspecified atom stereocenters. The van der Waals surface area contributed by atoms with Crippen LogP contribution in [-0.2, 0) is 32.2 Å². The number of hydrogen-bond donors (Lipinski definition) is 2. The fourth-order valence-electron chi connectivity index (χ4n) is 1.91. The van der Waals surface area contributed by atoms with Gasteiger partial charge >= 0.3 is 23.0 Å². The lowest BCUT2D eigenvalue weighted by Gasteiger charge is -2.11. The Labute approximate surface area is 141 Å². The van der Waals surface area contributed by atoms with Crippen molar-refractivity contribution < 1.29 is 24.2 Å². The van der Waals surface area contributed by atoms with Crippen LogP contribution in [0.5, 0.6) is 0 Å². The Balaban J connectivity index is 2.78. The van der Waals surface area contributed by atoms with E-state index in [9.17, 15) is 29.1 Å². The van der Waals surface area contributed by atoms with Gasteiger partial charge in [-0.3, -0.25) is 14.6 Å². The Kier molecular flexibility index (Phi) is 7.95. The number of aliphatic hydroxyl groups excluding tert-OH is 1. The van der Waals surface area contributed by atoms with Crippen molar-refractivity contribution in [3.8, 4) is 0 Å². The lowest BCUT2D eigenvalue weighted by Crippen LogP contribution is -2.49. The average molecular weight is 359 g/mol. The zero-order chi connectivity index (χ0) is 19.0. The number of carbonyl (C=O) groups is 2. The van der Waals surface area contributed by atoms with Crippen LogP contribution in [0.3, 0.4) is 0 Å². The van der Waals surface area contributed by atoms with E-state index in [0.717, 1.165) is 4.57 Å². The van der Waals surface area contributed by atoms with Gasteiger partial charge in [0.15, 0.2) is 0 Å². The van der Waals surface area contributed by atoms with Gasteiger partial charge in [-0.2, -0.15) is 0 Å². The van der Waals surface area contributed by atoms with Crippen LogP contribution in [0.25, 0.3) is 0 Å². The second kappa shape index (κ2) is 9.69. The summed E-state index contributed by atoms with van der Waals surface area (Å²) >= 11 is 0. The first-order chi connectivity index (χ1) is 11.8. The van der Waals surface area contributed by atoms with Crippen molar-refractivity contribution in [3.05, 3.63) is 31.5 Å². The summed E-state index contributed by atoms with van der Waals surface area (Å²) in [7, 11) is 1.38. The number of aliphatic hydroxyl groups is 1. The van der Waals surface area contributed by atoms with Crippen molar-refractivity contribution in [1.82, 2.24) is 14.1 Å². The first kappa shape index (κ1) is 20.5. The number of nitrogens with one attached hydrogen (secondary N) is 1. The number of esters is 1. The third kappa shape index (κ3) is 6.47. The summed E-state index contributed by atoms with van der Waals surface area (Å²) < 4.78 is 10.8. The van der Waals surface area contributed by atoms with E-state index in [4.69, 9.17) is 4.74 Å². The van der Waals surface area contributed by atoms with Crippen LogP contribution in [0.4, 0.5) is 0 Å². The third-order valence-corrected chi connectivity index (χ3v) is 3.19. The highest BCUT2D eigenvalue weighted by molar-refractivity contribution is 5.75. The minimum atomic E-state index is -0.978. The van der Waals surface area contributed by atoms with Crippen LogP contribution in [0.1, 0.15) is 19.8 Å². The van der Waals surface area contributed by atoms with Gasteiger partial charge in [0.2, 0.25) is 0 Å². The molecule has 0 amide bonds. The van der Waals surface area contributed by atoms with E-state index in [1.807, 2.05) is 4.98 Å². The zero-order valence-electron chi connectivity index (χ0n) is 14.0. The Morgan fingerprint density at radius 2 is 1.64 bits per heavy atom.